The molecular weight excluding hydrogens is 254 g/mol. The molecule has 1 rings (SSSR count). The molecule has 4 nitrogen and oxygen atoms in total. The molecule has 0 radical (unpaired) electrons. The molecule has 1 aliphatic heterocycles. The molecule has 0 bridgehead atoms. The second-order valence-corrected chi connectivity index (χ2v) is 6.90. The number of ether oxygens (including phenoxy) is 3. The minimum Gasteiger partial charge on any atom is -0.382 e. The van der Waals surface area contributed by atoms with Crippen molar-refractivity contribution in [2.45, 2.75) is 64.7 Å². The first-order valence-corrected chi connectivity index (χ1v) is 7.82. The van der Waals surface area contributed by atoms with E-state index in [2.05, 4.69) is 39.9 Å². The van der Waals surface area contributed by atoms with Crippen molar-refractivity contribution in [2.24, 2.45) is 5.92 Å². The van der Waals surface area contributed by atoms with E-state index >= 15 is 0 Å². The maximum absolute atomic E-state index is 6.22. The van der Waals surface area contributed by atoms with Crippen LogP contribution in [0.25, 0.3) is 0 Å². The highest BCUT2D eigenvalue weighted by Crippen LogP contribution is 2.43. The molecule has 0 spiro atoms. The molecule has 0 aromatic rings. The fourth-order valence-electron chi connectivity index (χ4n) is 3.23. The van der Waals surface area contributed by atoms with Gasteiger partial charge in [0.1, 0.15) is 0 Å². The highest BCUT2D eigenvalue weighted by atomic mass is 16.5. The zero-order chi connectivity index (χ0) is 15.2. The lowest BCUT2D eigenvalue weighted by atomic mass is 9.82. The highest BCUT2D eigenvalue weighted by molar-refractivity contribution is 4.99. The molecule has 1 saturated heterocycles. The second-order valence-electron chi connectivity index (χ2n) is 6.90. The second kappa shape index (κ2) is 7.74. The van der Waals surface area contributed by atoms with Gasteiger partial charge in [0.25, 0.3) is 0 Å². The lowest BCUT2D eigenvalue weighted by molar-refractivity contribution is -0.0808. The Kier molecular flexibility index (Phi) is 6.92. The summed E-state index contributed by atoms with van der Waals surface area (Å²) < 4.78 is 17.0. The Hall–Kier alpha value is -0.160. The van der Waals surface area contributed by atoms with Gasteiger partial charge in [0.15, 0.2) is 0 Å². The zero-order valence-electron chi connectivity index (χ0n) is 14.1. The van der Waals surface area contributed by atoms with Crippen LogP contribution in [0, 0.1) is 5.92 Å². The predicted molar refractivity (Wildman–Crippen MR) is 82.1 cm³/mol. The Bertz CT molecular complexity index is 279. The average molecular weight is 287 g/mol. The summed E-state index contributed by atoms with van der Waals surface area (Å²) in [4.78, 5) is 0. The molecule has 1 N–H and O–H groups in total. The van der Waals surface area contributed by atoms with Crippen molar-refractivity contribution in [1.82, 2.24) is 5.32 Å². The summed E-state index contributed by atoms with van der Waals surface area (Å²) in [6.07, 6.45) is 2.20. The standard InChI is InChI=1S/C16H33NO3/c1-7-8-17-14(12-19-10-9-18-6)13-11-15(2,3)20-16(13,4)5/h13-14,17H,7-12H2,1-6H3. The normalized spacial score (nSPS) is 25.8. The van der Waals surface area contributed by atoms with E-state index in [-0.39, 0.29) is 11.2 Å². The first-order valence-electron chi connectivity index (χ1n) is 7.82. The molecule has 0 saturated carbocycles. The van der Waals surface area contributed by atoms with Gasteiger partial charge < -0.3 is 19.5 Å². The summed E-state index contributed by atoms with van der Waals surface area (Å²) in [7, 11) is 1.70. The predicted octanol–water partition coefficient (Wildman–Crippen LogP) is 2.61. The van der Waals surface area contributed by atoms with E-state index in [1.54, 1.807) is 7.11 Å². The van der Waals surface area contributed by atoms with Gasteiger partial charge in [-0.15, -0.1) is 0 Å². The third-order valence-electron chi connectivity index (χ3n) is 4.02. The van der Waals surface area contributed by atoms with Gasteiger partial charge in [-0.2, -0.15) is 0 Å². The Morgan fingerprint density at radius 1 is 1.25 bits per heavy atom. The minimum atomic E-state index is -0.112. The highest BCUT2D eigenvalue weighted by Gasteiger charge is 2.48. The molecule has 0 amide bonds. The Labute approximate surface area is 124 Å². The quantitative estimate of drug-likeness (QED) is 0.662. The summed E-state index contributed by atoms with van der Waals surface area (Å²) in [6, 6.07) is 0.337. The largest absolute Gasteiger partial charge is 0.382 e. The maximum atomic E-state index is 6.22. The van der Waals surface area contributed by atoms with Crippen LogP contribution in [0.1, 0.15) is 47.5 Å². The molecule has 0 aromatic carbocycles. The molecule has 1 aliphatic rings. The van der Waals surface area contributed by atoms with Crippen molar-refractivity contribution in [1.29, 1.82) is 0 Å². The maximum Gasteiger partial charge on any atom is 0.0701 e. The van der Waals surface area contributed by atoms with Gasteiger partial charge in [-0.3, -0.25) is 0 Å². The Balaban J connectivity index is 2.61. The first kappa shape index (κ1) is 17.9. The van der Waals surface area contributed by atoms with Crippen molar-refractivity contribution in [3.05, 3.63) is 0 Å². The van der Waals surface area contributed by atoms with Gasteiger partial charge in [-0.05, 0) is 47.1 Å². The van der Waals surface area contributed by atoms with Gasteiger partial charge in [0, 0.05) is 19.1 Å². The molecule has 1 heterocycles. The van der Waals surface area contributed by atoms with Gasteiger partial charge in [0.2, 0.25) is 0 Å². The van der Waals surface area contributed by atoms with Crippen molar-refractivity contribution < 1.29 is 14.2 Å². The summed E-state index contributed by atoms with van der Waals surface area (Å²) in [6.45, 7) is 14.0. The number of hydrogen-bond acceptors (Lipinski definition) is 4. The van der Waals surface area contributed by atoms with Crippen LogP contribution in [0.4, 0.5) is 0 Å². The van der Waals surface area contributed by atoms with E-state index in [4.69, 9.17) is 14.2 Å². The molecule has 120 valence electrons. The number of methoxy groups -OCH3 is 1. The summed E-state index contributed by atoms with van der Waals surface area (Å²) in [5.41, 5.74) is -0.160. The number of rotatable bonds is 9. The van der Waals surface area contributed by atoms with E-state index in [1.807, 2.05) is 0 Å². The van der Waals surface area contributed by atoms with Crippen molar-refractivity contribution >= 4 is 0 Å². The average Bonchev–Trinajstić information content (AvgIpc) is 2.56. The molecular formula is C16H33NO3. The third-order valence-corrected chi connectivity index (χ3v) is 4.02. The summed E-state index contributed by atoms with van der Waals surface area (Å²) in [5.74, 6) is 0.464. The van der Waals surface area contributed by atoms with Crippen LogP contribution in [-0.2, 0) is 14.2 Å². The zero-order valence-corrected chi connectivity index (χ0v) is 14.1. The van der Waals surface area contributed by atoms with Crippen LogP contribution in [0.5, 0.6) is 0 Å². The first-order chi connectivity index (χ1) is 9.32. The number of hydrogen-bond donors (Lipinski definition) is 1. The fourth-order valence-corrected chi connectivity index (χ4v) is 3.23. The van der Waals surface area contributed by atoms with Crippen molar-refractivity contribution in [3.8, 4) is 0 Å². The summed E-state index contributed by atoms with van der Waals surface area (Å²) >= 11 is 0. The van der Waals surface area contributed by atoms with Gasteiger partial charge in [-0.25, -0.2) is 0 Å². The molecule has 2 atom stereocenters. The molecule has 20 heavy (non-hydrogen) atoms. The minimum absolute atomic E-state index is 0.0488. The van der Waals surface area contributed by atoms with E-state index in [0.717, 1.165) is 26.0 Å². The molecule has 0 aliphatic carbocycles. The molecule has 2 unspecified atom stereocenters. The van der Waals surface area contributed by atoms with Crippen molar-refractivity contribution in [2.75, 3.05) is 33.5 Å². The Morgan fingerprint density at radius 3 is 2.45 bits per heavy atom. The molecule has 1 fully saturated rings. The van der Waals surface area contributed by atoms with E-state index in [1.165, 1.54) is 0 Å². The lowest BCUT2D eigenvalue weighted by Gasteiger charge is -2.33. The Morgan fingerprint density at radius 2 is 1.95 bits per heavy atom. The molecule has 4 heteroatoms. The van der Waals surface area contributed by atoms with Crippen LogP contribution in [0.15, 0.2) is 0 Å². The molecule has 0 aromatic heterocycles. The smallest absolute Gasteiger partial charge is 0.0701 e. The van der Waals surface area contributed by atoms with Gasteiger partial charge in [-0.1, -0.05) is 6.92 Å². The van der Waals surface area contributed by atoms with Gasteiger partial charge in [0.05, 0.1) is 31.0 Å². The van der Waals surface area contributed by atoms with Crippen LogP contribution < -0.4 is 5.32 Å². The van der Waals surface area contributed by atoms with E-state index < -0.39 is 0 Å². The number of nitrogens with one attached hydrogen (secondary N) is 1. The van der Waals surface area contributed by atoms with Gasteiger partial charge >= 0.3 is 0 Å². The summed E-state index contributed by atoms with van der Waals surface area (Å²) in [5, 5.41) is 3.64. The fraction of sp³-hybridized carbons (Fsp3) is 1.00. The van der Waals surface area contributed by atoms with Crippen LogP contribution in [0.3, 0.4) is 0 Å². The van der Waals surface area contributed by atoms with Crippen LogP contribution in [-0.4, -0.2) is 50.7 Å². The van der Waals surface area contributed by atoms with Crippen molar-refractivity contribution in [3.63, 3.8) is 0 Å². The topological polar surface area (TPSA) is 39.7 Å². The monoisotopic (exact) mass is 287 g/mol. The third kappa shape index (κ3) is 5.32. The van der Waals surface area contributed by atoms with E-state index in [9.17, 15) is 0 Å². The van der Waals surface area contributed by atoms with Crippen LogP contribution in [0.2, 0.25) is 0 Å². The van der Waals surface area contributed by atoms with Crippen LogP contribution >= 0.6 is 0 Å². The van der Waals surface area contributed by atoms with E-state index in [0.29, 0.717) is 25.2 Å². The SMILES string of the molecule is CCCNC(COCCOC)C1CC(C)(C)OC1(C)C. The lowest BCUT2D eigenvalue weighted by Crippen LogP contribution is -2.47.